The zero-order valence-corrected chi connectivity index (χ0v) is 37.7. The van der Waals surface area contributed by atoms with Gasteiger partial charge in [-0.3, -0.25) is 0 Å². The van der Waals surface area contributed by atoms with E-state index in [4.69, 9.17) is 4.42 Å². The molecule has 0 radical (unpaired) electrons. The van der Waals surface area contributed by atoms with Gasteiger partial charge in [0.1, 0.15) is 11.2 Å². The maximum atomic E-state index is 6.63. The Morgan fingerprint density at radius 3 is 1.62 bits per heavy atom. The number of rotatable bonds is 7. The van der Waals surface area contributed by atoms with Gasteiger partial charge in [0, 0.05) is 33.1 Å². The highest BCUT2D eigenvalue weighted by atomic mass is 16.3. The second-order valence-electron chi connectivity index (χ2n) is 18.3. The van der Waals surface area contributed by atoms with Crippen molar-refractivity contribution in [2.75, 3.05) is 4.90 Å². The Morgan fingerprint density at radius 1 is 0.333 bits per heavy atom. The SMILES string of the molecule is c1ccc(C2(c3ccccc3)c3ccccc3-c3c(N(c4ccc(-c5ccc6c(ccc7ccccc76)c5)cc4)c4ccc(-c5cccc6oc7c8ccccc8ccc7c56)cc4)cccc32)cc1. The molecular weight excluding hydrogens is 835 g/mol. The standard InChI is InChI=1S/C67H43NO/c1-3-17-50(18-4-1)67(51-19-5-2-6-20-51)60-25-12-11-23-58(60)65-61(67)26-14-27-62(65)68(52-37-31-44(32-38-52)48-36-41-55-49(43-48)30-29-45-15-7-9-21-54(45)55)53-39-33-47(34-40-53)56-24-13-28-63-64(56)59-42-35-46-16-8-10-22-57(46)66(59)69-63/h1-43H. The normalized spacial score (nSPS) is 12.8. The van der Waals surface area contributed by atoms with Crippen LogP contribution in [0.25, 0.3) is 87.6 Å². The molecule has 13 aromatic rings. The van der Waals surface area contributed by atoms with E-state index >= 15 is 0 Å². The minimum Gasteiger partial charge on any atom is -0.455 e. The summed E-state index contributed by atoms with van der Waals surface area (Å²) >= 11 is 0. The molecule has 0 atom stereocenters. The van der Waals surface area contributed by atoms with E-state index < -0.39 is 5.41 Å². The van der Waals surface area contributed by atoms with Crippen molar-refractivity contribution < 1.29 is 4.42 Å². The summed E-state index contributed by atoms with van der Waals surface area (Å²) in [4.78, 5) is 2.46. The predicted octanol–water partition coefficient (Wildman–Crippen LogP) is 18.2. The lowest BCUT2D eigenvalue weighted by atomic mass is 9.68. The van der Waals surface area contributed by atoms with Gasteiger partial charge in [-0.05, 0) is 126 Å². The van der Waals surface area contributed by atoms with Crippen LogP contribution in [0.2, 0.25) is 0 Å². The Hall–Kier alpha value is -8.98. The molecule has 322 valence electrons. The molecule has 2 nitrogen and oxygen atoms in total. The van der Waals surface area contributed by atoms with Gasteiger partial charge in [0.05, 0.1) is 11.1 Å². The molecule has 12 aromatic carbocycles. The van der Waals surface area contributed by atoms with Crippen LogP contribution >= 0.6 is 0 Å². The Morgan fingerprint density at radius 2 is 0.870 bits per heavy atom. The van der Waals surface area contributed by atoms with E-state index in [9.17, 15) is 0 Å². The average molecular weight is 878 g/mol. The van der Waals surface area contributed by atoms with E-state index in [1.54, 1.807) is 0 Å². The fraction of sp³-hybridized carbons (Fsp3) is 0.0149. The van der Waals surface area contributed by atoms with Crippen LogP contribution in [0, 0.1) is 0 Å². The third-order valence-electron chi connectivity index (χ3n) is 14.7. The minimum atomic E-state index is -0.525. The Labute approximate surface area is 400 Å². The monoisotopic (exact) mass is 877 g/mol. The van der Waals surface area contributed by atoms with E-state index in [1.165, 1.54) is 71.4 Å². The molecule has 1 aliphatic rings. The zero-order chi connectivity index (χ0) is 45.5. The van der Waals surface area contributed by atoms with Crippen LogP contribution in [0.5, 0.6) is 0 Å². The van der Waals surface area contributed by atoms with Gasteiger partial charge in [0.25, 0.3) is 0 Å². The summed E-state index contributed by atoms with van der Waals surface area (Å²) in [5, 5.41) is 9.62. The molecule has 0 amide bonds. The number of furan rings is 1. The number of fused-ring (bicyclic) bond motifs is 11. The highest BCUT2D eigenvalue weighted by molar-refractivity contribution is 6.19. The van der Waals surface area contributed by atoms with Gasteiger partial charge in [-0.15, -0.1) is 0 Å². The molecule has 1 aromatic heterocycles. The summed E-state index contributed by atoms with van der Waals surface area (Å²) in [6.07, 6.45) is 0. The quantitative estimate of drug-likeness (QED) is 0.148. The van der Waals surface area contributed by atoms with Crippen LogP contribution in [0.3, 0.4) is 0 Å². The number of benzene rings is 12. The van der Waals surface area contributed by atoms with Crippen LogP contribution in [-0.4, -0.2) is 0 Å². The molecule has 1 heterocycles. The average Bonchev–Trinajstić information content (AvgIpc) is 3.97. The van der Waals surface area contributed by atoms with E-state index in [0.717, 1.165) is 55.5 Å². The first-order chi connectivity index (χ1) is 34.2. The molecule has 0 unspecified atom stereocenters. The Balaban J connectivity index is 0.954. The van der Waals surface area contributed by atoms with E-state index in [-0.39, 0.29) is 0 Å². The number of nitrogens with zero attached hydrogens (tertiary/aromatic N) is 1. The lowest BCUT2D eigenvalue weighted by Crippen LogP contribution is -2.28. The van der Waals surface area contributed by atoms with Crippen LogP contribution < -0.4 is 4.90 Å². The number of hydrogen-bond donors (Lipinski definition) is 0. The molecule has 0 spiro atoms. The topological polar surface area (TPSA) is 16.4 Å². The number of hydrogen-bond acceptors (Lipinski definition) is 2. The summed E-state index contributed by atoms with van der Waals surface area (Å²) in [6, 6.07) is 95.6. The highest BCUT2D eigenvalue weighted by Crippen LogP contribution is 2.59. The maximum Gasteiger partial charge on any atom is 0.143 e. The van der Waals surface area contributed by atoms with Crippen LogP contribution in [0.4, 0.5) is 17.1 Å². The second-order valence-corrected chi connectivity index (χ2v) is 18.3. The molecule has 14 rings (SSSR count). The summed E-state index contributed by atoms with van der Waals surface area (Å²) < 4.78 is 6.63. The maximum absolute atomic E-state index is 6.63. The predicted molar refractivity (Wildman–Crippen MR) is 289 cm³/mol. The lowest BCUT2D eigenvalue weighted by molar-refractivity contribution is 0.673. The van der Waals surface area contributed by atoms with Gasteiger partial charge in [-0.25, -0.2) is 0 Å². The molecular formula is C67H43NO. The van der Waals surface area contributed by atoms with Crippen molar-refractivity contribution in [3.05, 3.63) is 283 Å². The van der Waals surface area contributed by atoms with Gasteiger partial charge in [-0.1, -0.05) is 212 Å². The van der Waals surface area contributed by atoms with Gasteiger partial charge >= 0.3 is 0 Å². The molecule has 0 saturated carbocycles. The molecule has 1 aliphatic carbocycles. The Bertz CT molecular complexity index is 4070. The molecule has 0 bridgehead atoms. The minimum absolute atomic E-state index is 0.525. The molecule has 0 N–H and O–H groups in total. The van der Waals surface area contributed by atoms with Crippen molar-refractivity contribution in [2.45, 2.75) is 5.41 Å². The molecule has 0 fully saturated rings. The summed E-state index contributed by atoms with van der Waals surface area (Å²) in [5.74, 6) is 0. The van der Waals surface area contributed by atoms with Gasteiger partial charge in [0.15, 0.2) is 0 Å². The summed E-state index contributed by atoms with van der Waals surface area (Å²) in [6.45, 7) is 0. The van der Waals surface area contributed by atoms with Crippen LogP contribution in [0.15, 0.2) is 265 Å². The van der Waals surface area contributed by atoms with Crippen molar-refractivity contribution in [1.82, 2.24) is 0 Å². The first-order valence-corrected chi connectivity index (χ1v) is 23.8. The molecule has 69 heavy (non-hydrogen) atoms. The van der Waals surface area contributed by atoms with E-state index in [1.807, 2.05) is 0 Å². The fourth-order valence-corrected chi connectivity index (χ4v) is 11.7. The lowest BCUT2D eigenvalue weighted by Gasteiger charge is -2.34. The van der Waals surface area contributed by atoms with Crippen molar-refractivity contribution >= 4 is 71.3 Å². The smallest absolute Gasteiger partial charge is 0.143 e. The molecule has 2 heteroatoms. The summed E-state index contributed by atoms with van der Waals surface area (Å²) in [5.41, 5.74) is 16.8. The second kappa shape index (κ2) is 15.6. The first kappa shape index (κ1) is 39.2. The third kappa shape index (κ3) is 5.99. The van der Waals surface area contributed by atoms with Crippen LogP contribution in [-0.2, 0) is 5.41 Å². The Kier molecular flexibility index (Phi) is 8.84. The van der Waals surface area contributed by atoms with E-state index in [0.29, 0.717) is 0 Å². The molecule has 0 aliphatic heterocycles. The van der Waals surface area contributed by atoms with Crippen molar-refractivity contribution in [3.8, 4) is 33.4 Å². The van der Waals surface area contributed by atoms with Crippen LogP contribution in [0.1, 0.15) is 22.3 Å². The van der Waals surface area contributed by atoms with Gasteiger partial charge in [0.2, 0.25) is 0 Å². The van der Waals surface area contributed by atoms with Crippen molar-refractivity contribution in [3.63, 3.8) is 0 Å². The number of anilines is 3. The van der Waals surface area contributed by atoms with E-state index in [2.05, 4.69) is 266 Å². The van der Waals surface area contributed by atoms with Gasteiger partial charge in [-0.2, -0.15) is 0 Å². The van der Waals surface area contributed by atoms with Crippen molar-refractivity contribution in [1.29, 1.82) is 0 Å². The third-order valence-corrected chi connectivity index (χ3v) is 14.7. The first-order valence-electron chi connectivity index (χ1n) is 23.8. The summed E-state index contributed by atoms with van der Waals surface area (Å²) in [7, 11) is 0. The zero-order valence-electron chi connectivity index (χ0n) is 37.7. The van der Waals surface area contributed by atoms with Crippen molar-refractivity contribution in [2.24, 2.45) is 0 Å². The molecule has 0 saturated heterocycles. The largest absolute Gasteiger partial charge is 0.455 e. The van der Waals surface area contributed by atoms with Gasteiger partial charge < -0.3 is 9.32 Å². The fourth-order valence-electron chi connectivity index (χ4n) is 11.7. The highest BCUT2D eigenvalue weighted by Gasteiger charge is 2.47.